The standard InChI is InChI=1S/C8H17N3.CH5N/c1-4-9-8-10-6-5-7-11(2)3;1-2/h4-7H2,1-3H3;2H2,1H3. The van der Waals surface area contributed by atoms with Gasteiger partial charge in [-0.3, -0.25) is 0 Å². The van der Waals surface area contributed by atoms with Crippen LogP contribution in [0.2, 0.25) is 0 Å². The van der Waals surface area contributed by atoms with E-state index in [-0.39, 0.29) is 0 Å². The highest BCUT2D eigenvalue weighted by molar-refractivity contribution is 5.40. The molecule has 0 fully saturated rings. The fraction of sp³-hybridized carbons (Fsp3) is 0.889. The van der Waals surface area contributed by atoms with Gasteiger partial charge in [0.15, 0.2) is 0 Å². The molecule has 0 aliphatic rings. The van der Waals surface area contributed by atoms with Crippen LogP contribution in [-0.4, -0.2) is 51.7 Å². The van der Waals surface area contributed by atoms with Gasteiger partial charge in [-0.2, -0.15) is 0 Å². The molecule has 0 aromatic rings. The minimum absolute atomic E-state index is 0.775. The zero-order valence-corrected chi connectivity index (χ0v) is 9.25. The molecule has 0 radical (unpaired) electrons. The fourth-order valence-corrected chi connectivity index (χ4v) is 0.637. The van der Waals surface area contributed by atoms with Crippen molar-refractivity contribution in [1.29, 1.82) is 0 Å². The molecule has 0 aliphatic heterocycles. The molecule has 4 heteroatoms. The van der Waals surface area contributed by atoms with Crippen LogP contribution < -0.4 is 5.73 Å². The van der Waals surface area contributed by atoms with Crippen molar-refractivity contribution < 1.29 is 0 Å². The van der Waals surface area contributed by atoms with E-state index < -0.39 is 0 Å². The number of rotatable bonds is 5. The molecule has 78 valence electrons. The molecular formula is C9H22N4. The lowest BCUT2D eigenvalue weighted by molar-refractivity contribution is 0.403. The van der Waals surface area contributed by atoms with Crippen molar-refractivity contribution in [2.75, 3.05) is 40.8 Å². The smallest absolute Gasteiger partial charge is 0.0892 e. The second kappa shape index (κ2) is 13.9. The maximum Gasteiger partial charge on any atom is 0.0892 e. The van der Waals surface area contributed by atoms with Crippen molar-refractivity contribution in [2.24, 2.45) is 15.7 Å². The number of hydrogen-bond acceptors (Lipinski definition) is 4. The van der Waals surface area contributed by atoms with Gasteiger partial charge in [0.1, 0.15) is 0 Å². The molecule has 0 amide bonds. The summed E-state index contributed by atoms with van der Waals surface area (Å²) in [5, 5.41) is 0. The summed E-state index contributed by atoms with van der Waals surface area (Å²) in [5.74, 6) is 0. The van der Waals surface area contributed by atoms with Crippen LogP contribution in [0.4, 0.5) is 0 Å². The molecule has 0 aromatic carbocycles. The third kappa shape index (κ3) is 18.3. The van der Waals surface area contributed by atoms with Crippen molar-refractivity contribution in [3.05, 3.63) is 0 Å². The summed E-state index contributed by atoms with van der Waals surface area (Å²) in [6, 6.07) is 2.64. The highest BCUT2D eigenvalue weighted by Crippen LogP contribution is 1.82. The Hall–Kier alpha value is -0.700. The molecule has 0 unspecified atom stereocenters. The average Bonchev–Trinajstić information content (AvgIpc) is 2.14. The highest BCUT2D eigenvalue weighted by atomic mass is 15.0. The summed E-state index contributed by atoms with van der Waals surface area (Å²) < 4.78 is 0. The molecule has 0 atom stereocenters. The van der Waals surface area contributed by atoms with Crippen LogP contribution >= 0.6 is 0 Å². The Balaban J connectivity index is 0. The quantitative estimate of drug-likeness (QED) is 0.508. The zero-order chi connectivity index (χ0) is 10.5. The van der Waals surface area contributed by atoms with Crippen LogP contribution in [0.1, 0.15) is 13.3 Å². The van der Waals surface area contributed by atoms with E-state index in [0.29, 0.717) is 0 Å². The summed E-state index contributed by atoms with van der Waals surface area (Å²) in [6.07, 6.45) is 1.08. The number of aliphatic imine (C=N–C) groups is 2. The van der Waals surface area contributed by atoms with Crippen LogP contribution in [0.15, 0.2) is 9.98 Å². The van der Waals surface area contributed by atoms with Crippen LogP contribution in [0.5, 0.6) is 0 Å². The van der Waals surface area contributed by atoms with Gasteiger partial charge in [0.25, 0.3) is 0 Å². The topological polar surface area (TPSA) is 54.0 Å². The summed E-state index contributed by atoms with van der Waals surface area (Å²) >= 11 is 0. The molecule has 0 bridgehead atoms. The molecule has 0 rings (SSSR count). The van der Waals surface area contributed by atoms with Gasteiger partial charge < -0.3 is 10.6 Å². The third-order valence-corrected chi connectivity index (χ3v) is 1.17. The molecule has 0 spiro atoms. The molecular weight excluding hydrogens is 164 g/mol. The normalized spacial score (nSPS) is 8.46. The van der Waals surface area contributed by atoms with E-state index in [1.165, 1.54) is 7.05 Å². The van der Waals surface area contributed by atoms with Crippen LogP contribution in [-0.2, 0) is 0 Å². The predicted molar refractivity (Wildman–Crippen MR) is 58.6 cm³/mol. The summed E-state index contributed by atoms with van der Waals surface area (Å²) in [5.41, 5.74) is 4.50. The summed E-state index contributed by atoms with van der Waals surface area (Å²) in [4.78, 5) is 9.99. The predicted octanol–water partition coefficient (Wildman–Crippen LogP) is 0.707. The lowest BCUT2D eigenvalue weighted by Crippen LogP contribution is -2.13. The van der Waals surface area contributed by atoms with Gasteiger partial charge in [-0.15, -0.1) is 0 Å². The zero-order valence-electron chi connectivity index (χ0n) is 9.25. The van der Waals surface area contributed by atoms with Gasteiger partial charge in [0, 0.05) is 6.54 Å². The van der Waals surface area contributed by atoms with E-state index in [2.05, 4.69) is 40.7 Å². The number of nitrogens with two attached hydrogens (primary N) is 1. The Labute approximate surface area is 81.6 Å². The maximum absolute atomic E-state index is 4.50. The van der Waals surface area contributed by atoms with Crippen molar-refractivity contribution in [3.8, 4) is 0 Å². The van der Waals surface area contributed by atoms with E-state index in [1.807, 2.05) is 6.92 Å². The van der Waals surface area contributed by atoms with Crippen molar-refractivity contribution >= 4 is 6.01 Å². The minimum atomic E-state index is 0.775. The van der Waals surface area contributed by atoms with E-state index in [0.717, 1.165) is 26.1 Å². The monoisotopic (exact) mass is 186 g/mol. The van der Waals surface area contributed by atoms with E-state index in [1.54, 1.807) is 0 Å². The summed E-state index contributed by atoms with van der Waals surface area (Å²) in [7, 11) is 5.62. The van der Waals surface area contributed by atoms with Crippen LogP contribution in [0, 0.1) is 0 Å². The summed E-state index contributed by atoms with van der Waals surface area (Å²) in [6.45, 7) is 4.67. The Morgan fingerprint density at radius 2 is 1.85 bits per heavy atom. The second-order valence-electron chi connectivity index (χ2n) is 2.61. The fourth-order valence-electron chi connectivity index (χ4n) is 0.637. The van der Waals surface area contributed by atoms with Gasteiger partial charge in [0.05, 0.1) is 12.6 Å². The number of nitrogens with zero attached hydrogens (tertiary/aromatic N) is 3. The van der Waals surface area contributed by atoms with Crippen molar-refractivity contribution in [1.82, 2.24) is 4.90 Å². The third-order valence-electron chi connectivity index (χ3n) is 1.17. The molecule has 2 N–H and O–H groups in total. The Bertz CT molecular complexity index is 137. The average molecular weight is 186 g/mol. The largest absolute Gasteiger partial charge is 0.333 e. The van der Waals surface area contributed by atoms with Gasteiger partial charge in [0.2, 0.25) is 0 Å². The molecule has 0 saturated heterocycles. The first kappa shape index (κ1) is 14.8. The van der Waals surface area contributed by atoms with Gasteiger partial charge >= 0.3 is 0 Å². The Morgan fingerprint density at radius 1 is 1.23 bits per heavy atom. The van der Waals surface area contributed by atoms with Crippen molar-refractivity contribution in [3.63, 3.8) is 0 Å². The number of hydrogen-bond donors (Lipinski definition) is 1. The highest BCUT2D eigenvalue weighted by Gasteiger charge is 1.86. The van der Waals surface area contributed by atoms with Gasteiger partial charge in [-0.05, 0) is 41.0 Å². The van der Waals surface area contributed by atoms with Crippen molar-refractivity contribution in [2.45, 2.75) is 13.3 Å². The van der Waals surface area contributed by atoms with E-state index >= 15 is 0 Å². The molecule has 0 aromatic heterocycles. The Morgan fingerprint density at radius 3 is 2.31 bits per heavy atom. The molecule has 4 nitrogen and oxygen atoms in total. The molecule has 0 heterocycles. The second-order valence-corrected chi connectivity index (χ2v) is 2.61. The molecule has 0 saturated carbocycles. The first-order chi connectivity index (χ1) is 6.27. The van der Waals surface area contributed by atoms with Crippen LogP contribution in [0.3, 0.4) is 0 Å². The first-order valence-corrected chi connectivity index (χ1v) is 4.57. The van der Waals surface area contributed by atoms with Crippen LogP contribution in [0.25, 0.3) is 0 Å². The van der Waals surface area contributed by atoms with Gasteiger partial charge in [-0.1, -0.05) is 0 Å². The van der Waals surface area contributed by atoms with E-state index in [4.69, 9.17) is 0 Å². The Kier molecular flexibility index (Phi) is 15.8. The van der Waals surface area contributed by atoms with E-state index in [9.17, 15) is 0 Å². The lowest BCUT2D eigenvalue weighted by Gasteiger charge is -2.05. The maximum atomic E-state index is 4.50. The van der Waals surface area contributed by atoms with Gasteiger partial charge in [-0.25, -0.2) is 9.98 Å². The molecule has 0 aliphatic carbocycles. The molecule has 13 heavy (non-hydrogen) atoms. The first-order valence-electron chi connectivity index (χ1n) is 4.57. The SMILES string of the molecule is CCN=C=NCCCN(C)C.CN. The lowest BCUT2D eigenvalue weighted by atomic mass is 10.4. The minimum Gasteiger partial charge on any atom is -0.333 e.